The first kappa shape index (κ1) is 19.7. The summed E-state index contributed by atoms with van der Waals surface area (Å²) in [7, 11) is 0. The van der Waals surface area contributed by atoms with Crippen molar-refractivity contribution in [2.24, 2.45) is 0 Å². The van der Waals surface area contributed by atoms with E-state index in [4.69, 9.17) is 9.15 Å². The molecule has 2 aromatic carbocycles. The van der Waals surface area contributed by atoms with Crippen LogP contribution in [-0.2, 0) is 35.5 Å². The van der Waals surface area contributed by atoms with Crippen LogP contribution < -0.4 is 5.32 Å². The maximum Gasteiger partial charge on any atom is 0.224 e. The Morgan fingerprint density at radius 3 is 2.52 bits per heavy atom. The van der Waals surface area contributed by atoms with Crippen molar-refractivity contribution in [1.29, 1.82) is 0 Å². The zero-order valence-electron chi connectivity index (χ0n) is 16.9. The summed E-state index contributed by atoms with van der Waals surface area (Å²) in [6.45, 7) is 7.20. The lowest BCUT2D eigenvalue weighted by molar-refractivity contribution is -0.120. The van der Waals surface area contributed by atoms with Crippen LogP contribution in [0.4, 0.5) is 0 Å². The number of carbonyl (C=O) groups excluding carboxylic acids is 1. The number of rotatable bonds is 7. The van der Waals surface area contributed by atoms with Crippen molar-refractivity contribution in [2.45, 2.75) is 32.9 Å². The molecule has 0 saturated carbocycles. The molecule has 152 valence electrons. The lowest BCUT2D eigenvalue weighted by Gasteiger charge is -2.26. The number of amides is 1. The molecule has 1 aliphatic rings. The number of hydrogen-bond acceptors (Lipinski definition) is 4. The van der Waals surface area contributed by atoms with Gasteiger partial charge in [-0.05, 0) is 29.2 Å². The standard InChI is InChI=1S/C24H28N2O3/c1-2-18-7-8-22-21(17-29-23(22)13-18)14-24(27)25-15-19-3-5-20(6-4-19)16-26-9-11-28-12-10-26/h3-8,13,17H,2,9-12,14-16H2,1H3,(H,25,27). The van der Waals surface area contributed by atoms with E-state index in [0.717, 1.165) is 61.4 Å². The number of hydrogen-bond donors (Lipinski definition) is 1. The number of aryl methyl sites for hydroxylation is 1. The van der Waals surface area contributed by atoms with E-state index in [-0.39, 0.29) is 5.91 Å². The van der Waals surface area contributed by atoms with Gasteiger partial charge in [0.05, 0.1) is 25.9 Å². The molecule has 1 aliphatic heterocycles. The minimum absolute atomic E-state index is 0.00432. The van der Waals surface area contributed by atoms with Crippen LogP contribution in [-0.4, -0.2) is 37.1 Å². The Labute approximate surface area is 171 Å². The number of nitrogens with zero attached hydrogens (tertiary/aromatic N) is 1. The van der Waals surface area contributed by atoms with E-state index in [0.29, 0.717) is 13.0 Å². The maximum atomic E-state index is 12.4. The fourth-order valence-electron chi connectivity index (χ4n) is 3.70. The SMILES string of the molecule is CCc1ccc2c(CC(=O)NCc3ccc(CN4CCOCC4)cc3)coc2c1. The van der Waals surface area contributed by atoms with Crippen molar-refractivity contribution < 1.29 is 13.9 Å². The van der Waals surface area contributed by atoms with Gasteiger partial charge in [-0.15, -0.1) is 0 Å². The molecule has 0 spiro atoms. The van der Waals surface area contributed by atoms with Gasteiger partial charge in [-0.25, -0.2) is 0 Å². The van der Waals surface area contributed by atoms with E-state index >= 15 is 0 Å². The molecule has 0 unspecified atom stereocenters. The van der Waals surface area contributed by atoms with E-state index in [2.05, 4.69) is 53.5 Å². The summed E-state index contributed by atoms with van der Waals surface area (Å²) in [6, 6.07) is 14.7. The van der Waals surface area contributed by atoms with Crippen LogP contribution in [0, 0.1) is 0 Å². The molecular formula is C24H28N2O3. The first-order valence-corrected chi connectivity index (χ1v) is 10.3. The fourth-order valence-corrected chi connectivity index (χ4v) is 3.70. The second-order valence-electron chi connectivity index (χ2n) is 7.60. The Bertz CT molecular complexity index is 956. The molecule has 1 amide bonds. The van der Waals surface area contributed by atoms with Crippen molar-refractivity contribution in [2.75, 3.05) is 26.3 Å². The van der Waals surface area contributed by atoms with Gasteiger partial charge in [0.25, 0.3) is 0 Å². The van der Waals surface area contributed by atoms with Crippen LogP contribution in [0.5, 0.6) is 0 Å². The summed E-state index contributed by atoms with van der Waals surface area (Å²) < 4.78 is 11.0. The number of ether oxygens (including phenoxy) is 1. The third-order valence-corrected chi connectivity index (χ3v) is 5.50. The average Bonchev–Trinajstić information content (AvgIpc) is 3.16. The van der Waals surface area contributed by atoms with Gasteiger partial charge in [0.1, 0.15) is 5.58 Å². The number of benzene rings is 2. The van der Waals surface area contributed by atoms with Crippen LogP contribution in [0.2, 0.25) is 0 Å². The van der Waals surface area contributed by atoms with E-state index in [1.165, 1.54) is 11.1 Å². The Balaban J connectivity index is 1.29. The van der Waals surface area contributed by atoms with Crippen molar-refractivity contribution >= 4 is 16.9 Å². The molecule has 1 fully saturated rings. The molecule has 5 nitrogen and oxygen atoms in total. The highest BCUT2D eigenvalue weighted by Crippen LogP contribution is 2.23. The molecule has 4 rings (SSSR count). The number of fused-ring (bicyclic) bond motifs is 1. The predicted octanol–water partition coefficient (Wildman–Crippen LogP) is 3.69. The lowest BCUT2D eigenvalue weighted by Crippen LogP contribution is -2.35. The van der Waals surface area contributed by atoms with Gasteiger partial charge in [-0.1, -0.05) is 43.3 Å². The van der Waals surface area contributed by atoms with E-state index in [1.807, 2.05) is 6.07 Å². The smallest absolute Gasteiger partial charge is 0.224 e. The molecule has 29 heavy (non-hydrogen) atoms. The molecule has 0 bridgehead atoms. The van der Waals surface area contributed by atoms with Crippen LogP contribution in [0.15, 0.2) is 53.1 Å². The van der Waals surface area contributed by atoms with Crippen molar-refractivity contribution in [3.63, 3.8) is 0 Å². The van der Waals surface area contributed by atoms with Crippen molar-refractivity contribution in [3.05, 3.63) is 71.0 Å². The summed E-state index contributed by atoms with van der Waals surface area (Å²) in [4.78, 5) is 14.8. The molecule has 1 aromatic heterocycles. The van der Waals surface area contributed by atoms with Gasteiger partial charge >= 0.3 is 0 Å². The third-order valence-electron chi connectivity index (χ3n) is 5.50. The summed E-state index contributed by atoms with van der Waals surface area (Å²) in [5.74, 6) is 0.00432. The molecule has 1 saturated heterocycles. The van der Waals surface area contributed by atoms with E-state index in [1.54, 1.807) is 6.26 Å². The Morgan fingerprint density at radius 2 is 1.76 bits per heavy atom. The van der Waals surface area contributed by atoms with Crippen LogP contribution in [0.25, 0.3) is 11.0 Å². The molecule has 3 aromatic rings. The number of nitrogens with one attached hydrogen (secondary N) is 1. The summed E-state index contributed by atoms with van der Waals surface area (Å²) >= 11 is 0. The highest BCUT2D eigenvalue weighted by molar-refractivity contribution is 5.87. The normalized spacial score (nSPS) is 14.9. The predicted molar refractivity (Wildman–Crippen MR) is 114 cm³/mol. The van der Waals surface area contributed by atoms with Crippen LogP contribution in [0.3, 0.4) is 0 Å². The van der Waals surface area contributed by atoms with E-state index in [9.17, 15) is 4.79 Å². The maximum absolute atomic E-state index is 12.4. The highest BCUT2D eigenvalue weighted by Gasteiger charge is 2.12. The van der Waals surface area contributed by atoms with Crippen molar-refractivity contribution in [3.8, 4) is 0 Å². The monoisotopic (exact) mass is 392 g/mol. The van der Waals surface area contributed by atoms with Gasteiger partial charge in [-0.3, -0.25) is 9.69 Å². The molecule has 0 aliphatic carbocycles. The topological polar surface area (TPSA) is 54.7 Å². The Hall–Kier alpha value is -2.63. The van der Waals surface area contributed by atoms with Crippen LogP contribution >= 0.6 is 0 Å². The number of furan rings is 1. The molecule has 0 radical (unpaired) electrons. The first-order valence-electron chi connectivity index (χ1n) is 10.3. The summed E-state index contributed by atoms with van der Waals surface area (Å²) in [5.41, 5.74) is 5.41. The summed E-state index contributed by atoms with van der Waals surface area (Å²) in [6.07, 6.45) is 3.00. The Kier molecular flexibility index (Phi) is 6.27. The quantitative estimate of drug-likeness (QED) is 0.666. The molecule has 1 N–H and O–H groups in total. The third kappa shape index (κ3) is 5.05. The second kappa shape index (κ2) is 9.25. The van der Waals surface area contributed by atoms with Gasteiger partial charge in [-0.2, -0.15) is 0 Å². The second-order valence-corrected chi connectivity index (χ2v) is 7.60. The summed E-state index contributed by atoms with van der Waals surface area (Å²) in [5, 5.41) is 4.04. The van der Waals surface area contributed by atoms with Gasteiger partial charge in [0.15, 0.2) is 0 Å². The highest BCUT2D eigenvalue weighted by atomic mass is 16.5. The molecule has 0 atom stereocenters. The first-order chi connectivity index (χ1) is 14.2. The molecule has 2 heterocycles. The zero-order valence-corrected chi connectivity index (χ0v) is 16.9. The fraction of sp³-hybridized carbons (Fsp3) is 0.375. The largest absolute Gasteiger partial charge is 0.464 e. The zero-order chi connectivity index (χ0) is 20.1. The minimum atomic E-state index is 0.00432. The van der Waals surface area contributed by atoms with Crippen LogP contribution in [0.1, 0.15) is 29.2 Å². The minimum Gasteiger partial charge on any atom is -0.464 e. The molecule has 5 heteroatoms. The number of morpholine rings is 1. The van der Waals surface area contributed by atoms with Gasteiger partial charge in [0.2, 0.25) is 5.91 Å². The average molecular weight is 392 g/mol. The van der Waals surface area contributed by atoms with Crippen molar-refractivity contribution in [1.82, 2.24) is 10.2 Å². The van der Waals surface area contributed by atoms with Gasteiger partial charge < -0.3 is 14.5 Å². The molecular weight excluding hydrogens is 364 g/mol. The number of carbonyl (C=O) groups is 1. The van der Waals surface area contributed by atoms with E-state index < -0.39 is 0 Å². The van der Waals surface area contributed by atoms with Gasteiger partial charge in [0, 0.05) is 37.1 Å². The Morgan fingerprint density at radius 1 is 1.03 bits per heavy atom. The lowest BCUT2D eigenvalue weighted by atomic mass is 10.1.